The molecular formula is C30H63KO12P. The fourth-order valence-electron chi connectivity index (χ4n) is 3.80. The molecule has 0 aliphatic heterocycles. The van der Waals surface area contributed by atoms with Crippen LogP contribution in [0.15, 0.2) is 0 Å². The fraction of sp³-hybridized carbons (Fsp3) is 1.00. The zero-order valence-corrected chi connectivity index (χ0v) is 32.3. The first-order valence-electron chi connectivity index (χ1n) is 16.2. The zero-order chi connectivity index (χ0) is 31.7. The summed E-state index contributed by atoms with van der Waals surface area (Å²) in [4.78, 5) is 17.4. The summed E-state index contributed by atoms with van der Waals surface area (Å²) in [5, 5.41) is 0. The summed E-state index contributed by atoms with van der Waals surface area (Å²) in [6, 6.07) is 0. The monoisotopic (exact) mass is 685 g/mol. The van der Waals surface area contributed by atoms with Crippen molar-refractivity contribution in [3.63, 3.8) is 0 Å². The second kappa shape index (κ2) is 37.2. The quantitative estimate of drug-likeness (QED) is 0.0544. The van der Waals surface area contributed by atoms with Crippen LogP contribution >= 0.6 is 7.82 Å². The molecule has 0 aliphatic rings. The minimum absolute atomic E-state index is 0. The molecule has 12 nitrogen and oxygen atoms in total. The van der Waals surface area contributed by atoms with Gasteiger partial charge in [0.15, 0.2) is 0 Å². The minimum atomic E-state index is -4.48. The predicted molar refractivity (Wildman–Crippen MR) is 171 cm³/mol. The van der Waals surface area contributed by atoms with E-state index in [9.17, 15) is 4.57 Å². The van der Waals surface area contributed by atoms with E-state index >= 15 is 0 Å². The van der Waals surface area contributed by atoms with Crippen molar-refractivity contribution in [2.75, 3.05) is 99.1 Å². The van der Waals surface area contributed by atoms with Gasteiger partial charge < -0.3 is 47.7 Å². The molecule has 0 saturated heterocycles. The summed E-state index contributed by atoms with van der Waals surface area (Å²) in [6.07, 6.45) is 12.7. The van der Waals surface area contributed by atoms with Crippen LogP contribution in [0.4, 0.5) is 0 Å². The van der Waals surface area contributed by atoms with Crippen molar-refractivity contribution in [1.82, 2.24) is 0 Å². The molecule has 0 spiro atoms. The molecule has 261 valence electrons. The molecule has 0 heterocycles. The molecule has 0 saturated carbocycles. The first kappa shape index (κ1) is 47.5. The molecule has 2 N–H and O–H groups in total. The number of ether oxygens (including phenoxy) is 8. The summed E-state index contributed by atoms with van der Waals surface area (Å²) in [6.45, 7) is 12.8. The van der Waals surface area contributed by atoms with E-state index in [1.807, 2.05) is 6.92 Å². The molecule has 0 amide bonds. The second-order valence-corrected chi connectivity index (χ2v) is 11.7. The van der Waals surface area contributed by atoms with Gasteiger partial charge in [-0.05, 0) is 20.3 Å². The van der Waals surface area contributed by atoms with Crippen LogP contribution in [0.3, 0.4) is 0 Å². The number of hydrogen-bond donors (Lipinski definition) is 2. The van der Waals surface area contributed by atoms with Gasteiger partial charge in [-0.25, -0.2) is 4.57 Å². The van der Waals surface area contributed by atoms with Gasteiger partial charge in [0.2, 0.25) is 0 Å². The van der Waals surface area contributed by atoms with Crippen LogP contribution in [-0.2, 0) is 47.0 Å². The smallest absolute Gasteiger partial charge is 0.379 e. The first-order valence-corrected chi connectivity index (χ1v) is 17.8. The third-order valence-corrected chi connectivity index (χ3v) is 6.71. The standard InChI is InChI=1S/C30H63O12P.K/c1-4-5-6-7-8-9-10-11-12-13-14-34-15-16-35-17-18-36-19-20-37-21-22-38-23-24-39-25-26-40-29(2)27-41-30(3)28-42-43(31,32)33;/h29-30H,4-28H2,1-3H3,(H2,31,32,33);. The first-order chi connectivity index (χ1) is 20.8. The SMILES string of the molecule is CCCCCCCCCCCCOCCOCCOCCOCCOCCOCCOC(C)COC(C)COP(=O)(O)O.[K]. The summed E-state index contributed by atoms with van der Waals surface area (Å²) in [5.74, 6) is 0. The van der Waals surface area contributed by atoms with Gasteiger partial charge in [0.1, 0.15) is 0 Å². The van der Waals surface area contributed by atoms with E-state index in [0.29, 0.717) is 79.3 Å². The third-order valence-electron chi connectivity index (χ3n) is 6.23. The van der Waals surface area contributed by atoms with Gasteiger partial charge in [0.05, 0.1) is 105 Å². The molecule has 0 bridgehead atoms. The van der Waals surface area contributed by atoms with Crippen LogP contribution in [0.25, 0.3) is 0 Å². The Morgan fingerprint density at radius 1 is 0.477 bits per heavy atom. The number of hydrogen-bond acceptors (Lipinski definition) is 10. The van der Waals surface area contributed by atoms with E-state index in [1.54, 1.807) is 6.92 Å². The summed E-state index contributed by atoms with van der Waals surface area (Å²) >= 11 is 0. The number of rotatable bonds is 36. The molecule has 2 atom stereocenters. The van der Waals surface area contributed by atoms with Gasteiger partial charge in [0, 0.05) is 58.0 Å². The topological polar surface area (TPSA) is 141 Å². The number of unbranched alkanes of at least 4 members (excludes halogenated alkanes) is 9. The van der Waals surface area contributed by atoms with Gasteiger partial charge in [-0.15, -0.1) is 0 Å². The maximum atomic E-state index is 10.7. The van der Waals surface area contributed by atoms with Crippen molar-refractivity contribution in [1.29, 1.82) is 0 Å². The van der Waals surface area contributed by atoms with E-state index in [4.69, 9.17) is 47.7 Å². The molecule has 2 unspecified atom stereocenters. The van der Waals surface area contributed by atoms with Crippen LogP contribution in [0.2, 0.25) is 0 Å². The molecule has 44 heavy (non-hydrogen) atoms. The van der Waals surface area contributed by atoms with Crippen molar-refractivity contribution in [2.24, 2.45) is 0 Å². The van der Waals surface area contributed by atoms with Crippen molar-refractivity contribution in [3.8, 4) is 0 Å². The predicted octanol–water partition coefficient (Wildman–Crippen LogP) is 4.55. The molecule has 14 heteroatoms. The van der Waals surface area contributed by atoms with E-state index in [1.165, 1.54) is 57.8 Å². The Labute approximate surface area is 309 Å². The van der Waals surface area contributed by atoms with Crippen LogP contribution in [0, 0.1) is 0 Å². The molecule has 0 rings (SSSR count). The van der Waals surface area contributed by atoms with E-state index in [0.717, 1.165) is 13.0 Å². The van der Waals surface area contributed by atoms with Crippen LogP contribution in [-0.4, -0.2) is 172 Å². The zero-order valence-electron chi connectivity index (χ0n) is 28.3. The van der Waals surface area contributed by atoms with Crippen molar-refractivity contribution in [3.05, 3.63) is 0 Å². The Balaban J connectivity index is 0. The van der Waals surface area contributed by atoms with Gasteiger partial charge >= 0.3 is 7.82 Å². The Kier molecular flexibility index (Phi) is 40.2. The van der Waals surface area contributed by atoms with E-state index < -0.39 is 13.9 Å². The number of phosphoric acid groups is 1. The largest absolute Gasteiger partial charge is 0.469 e. The van der Waals surface area contributed by atoms with Gasteiger partial charge in [-0.1, -0.05) is 64.7 Å². The second-order valence-electron chi connectivity index (χ2n) is 10.5. The normalized spacial score (nSPS) is 13.2. The van der Waals surface area contributed by atoms with E-state index in [2.05, 4.69) is 11.4 Å². The third kappa shape index (κ3) is 41.4. The Bertz CT molecular complexity index is 602. The molecular weight excluding hydrogens is 622 g/mol. The Morgan fingerprint density at radius 3 is 1.23 bits per heavy atom. The molecule has 0 aromatic heterocycles. The summed E-state index contributed by atoms with van der Waals surface area (Å²) in [7, 11) is -4.48. The molecule has 0 aliphatic carbocycles. The van der Waals surface area contributed by atoms with Crippen LogP contribution < -0.4 is 0 Å². The van der Waals surface area contributed by atoms with Crippen molar-refractivity contribution < 1.29 is 56.8 Å². The van der Waals surface area contributed by atoms with Crippen molar-refractivity contribution >= 4 is 59.2 Å². The van der Waals surface area contributed by atoms with Gasteiger partial charge in [-0.2, -0.15) is 0 Å². The van der Waals surface area contributed by atoms with Crippen molar-refractivity contribution in [2.45, 2.75) is 97.2 Å². The number of phosphoric ester groups is 1. The van der Waals surface area contributed by atoms with Crippen LogP contribution in [0.1, 0.15) is 85.0 Å². The average molecular weight is 686 g/mol. The minimum Gasteiger partial charge on any atom is -0.379 e. The molecule has 0 fully saturated rings. The maximum absolute atomic E-state index is 10.7. The van der Waals surface area contributed by atoms with E-state index in [-0.39, 0.29) is 70.7 Å². The molecule has 1 radical (unpaired) electrons. The van der Waals surface area contributed by atoms with Crippen LogP contribution in [0.5, 0.6) is 0 Å². The Morgan fingerprint density at radius 2 is 0.818 bits per heavy atom. The Hall–Kier alpha value is 1.43. The fourth-order valence-corrected chi connectivity index (χ4v) is 4.20. The maximum Gasteiger partial charge on any atom is 0.469 e. The molecule has 0 aromatic rings. The summed E-state index contributed by atoms with van der Waals surface area (Å²) in [5.41, 5.74) is 0. The van der Waals surface area contributed by atoms with Gasteiger partial charge in [-0.3, -0.25) is 4.52 Å². The molecule has 0 aromatic carbocycles. The van der Waals surface area contributed by atoms with Gasteiger partial charge in [0.25, 0.3) is 0 Å². The average Bonchev–Trinajstić information content (AvgIpc) is 2.97. The summed E-state index contributed by atoms with van der Waals surface area (Å²) < 4.78 is 59.1.